The summed E-state index contributed by atoms with van der Waals surface area (Å²) in [5.74, 6) is -2.38. The molecule has 12 heteroatoms. The molecule has 0 bridgehead atoms. The van der Waals surface area contributed by atoms with Gasteiger partial charge in [0.1, 0.15) is 5.15 Å². The van der Waals surface area contributed by atoms with Crippen LogP contribution in [0, 0.1) is 5.92 Å². The van der Waals surface area contributed by atoms with Crippen LogP contribution in [0.2, 0.25) is 5.15 Å². The topological polar surface area (TPSA) is 107 Å². The third kappa shape index (κ3) is 4.60. The van der Waals surface area contributed by atoms with E-state index in [9.17, 15) is 23.2 Å². The number of β-lactam (4-membered cyclic amide) rings is 1. The lowest BCUT2D eigenvalue weighted by Gasteiger charge is -2.44. The van der Waals surface area contributed by atoms with Gasteiger partial charge in [-0.25, -0.2) is 19.5 Å². The number of carbonyl (C=O) groups is 3. The van der Waals surface area contributed by atoms with Gasteiger partial charge < -0.3 is 19.5 Å². The zero-order valence-electron chi connectivity index (χ0n) is 18.1. The zero-order valence-corrected chi connectivity index (χ0v) is 18.8. The molecule has 1 aromatic heterocycles. The largest absolute Gasteiger partial charge is 0.586 e. The molecule has 0 aliphatic carbocycles. The van der Waals surface area contributed by atoms with Crippen LogP contribution in [0.3, 0.4) is 0 Å². The van der Waals surface area contributed by atoms with Crippen LogP contribution in [0.25, 0.3) is 0 Å². The number of rotatable bonds is 6. The molecule has 180 valence electrons. The lowest BCUT2D eigenvalue weighted by Crippen LogP contribution is -2.69. The maximum atomic E-state index is 13.3. The van der Waals surface area contributed by atoms with Gasteiger partial charge in [-0.2, -0.15) is 0 Å². The van der Waals surface area contributed by atoms with Crippen molar-refractivity contribution in [2.45, 2.75) is 38.6 Å². The summed E-state index contributed by atoms with van der Waals surface area (Å²) in [5.41, 5.74) is 1.10. The number of alkyl halides is 2. The highest BCUT2D eigenvalue weighted by molar-refractivity contribution is 6.29. The number of halogens is 3. The Hall–Kier alpha value is -3.47. The molecule has 3 atom stereocenters. The summed E-state index contributed by atoms with van der Waals surface area (Å²) in [7, 11) is 0. The van der Waals surface area contributed by atoms with E-state index in [4.69, 9.17) is 16.3 Å². The van der Waals surface area contributed by atoms with Crippen LogP contribution in [-0.2, 0) is 20.7 Å². The first-order chi connectivity index (χ1) is 16.1. The molecule has 2 aromatic rings. The first kappa shape index (κ1) is 23.7. The van der Waals surface area contributed by atoms with Crippen LogP contribution < -0.4 is 14.8 Å². The maximum absolute atomic E-state index is 13.3. The van der Waals surface area contributed by atoms with Crippen LogP contribution in [0.4, 0.5) is 13.6 Å². The highest BCUT2D eigenvalue weighted by Crippen LogP contribution is 2.42. The van der Waals surface area contributed by atoms with Gasteiger partial charge in [-0.05, 0) is 49.6 Å². The normalized spacial score (nSPS) is 21.0. The molecule has 1 N–H and O–H groups in total. The summed E-state index contributed by atoms with van der Waals surface area (Å²) < 4.78 is 40.4. The second-order valence-corrected chi connectivity index (χ2v) is 8.14. The van der Waals surface area contributed by atoms with Crippen molar-refractivity contribution in [3.63, 3.8) is 0 Å². The van der Waals surface area contributed by atoms with E-state index in [1.807, 2.05) is 0 Å². The van der Waals surface area contributed by atoms with E-state index < -0.39 is 42.2 Å². The Kier molecular flexibility index (Phi) is 6.30. The van der Waals surface area contributed by atoms with E-state index in [1.54, 1.807) is 26.0 Å². The molecule has 9 nitrogen and oxygen atoms in total. The smallest absolute Gasteiger partial charge is 0.464 e. The Morgan fingerprint density at radius 3 is 2.68 bits per heavy atom. The van der Waals surface area contributed by atoms with E-state index in [0.717, 1.165) is 4.90 Å². The molecule has 4 rings (SSSR count). The first-order valence-corrected chi connectivity index (χ1v) is 10.8. The number of likely N-dealkylation sites (tertiary alicyclic amines) is 1. The first-order valence-electron chi connectivity index (χ1n) is 10.4. The third-order valence-electron chi connectivity index (χ3n) is 5.47. The molecule has 34 heavy (non-hydrogen) atoms. The molecule has 3 amide bonds. The van der Waals surface area contributed by atoms with Gasteiger partial charge in [0, 0.05) is 6.20 Å². The average Bonchev–Trinajstić information content (AvgIpc) is 3.09. The number of pyridine rings is 1. The molecule has 1 saturated heterocycles. The molecular formula is C22H20ClF2N3O6. The molecule has 0 unspecified atom stereocenters. The number of nitrogens with one attached hydrogen (secondary N) is 1. The van der Waals surface area contributed by atoms with Crippen LogP contribution in [0.15, 0.2) is 36.5 Å². The molecule has 2 aliphatic rings. The van der Waals surface area contributed by atoms with E-state index >= 15 is 0 Å². The van der Waals surface area contributed by atoms with Gasteiger partial charge >= 0.3 is 18.3 Å². The highest BCUT2D eigenvalue weighted by atomic mass is 35.5. The highest BCUT2D eigenvalue weighted by Gasteiger charge is 2.55. The number of amides is 3. The van der Waals surface area contributed by atoms with Gasteiger partial charge in [0.2, 0.25) is 5.91 Å². The van der Waals surface area contributed by atoms with Crippen LogP contribution in [-0.4, -0.2) is 46.7 Å². The zero-order chi connectivity index (χ0) is 24.6. The maximum Gasteiger partial charge on any atom is 0.586 e. The number of benzene rings is 1. The lowest BCUT2D eigenvalue weighted by molar-refractivity contribution is -0.286. The van der Waals surface area contributed by atoms with Crippen LogP contribution in [0.1, 0.15) is 31.0 Å². The van der Waals surface area contributed by atoms with E-state index in [0.29, 0.717) is 11.1 Å². The molecule has 1 fully saturated rings. The van der Waals surface area contributed by atoms with E-state index in [2.05, 4.69) is 19.8 Å². The number of esters is 1. The van der Waals surface area contributed by atoms with Crippen molar-refractivity contribution in [2.75, 3.05) is 6.61 Å². The Morgan fingerprint density at radius 1 is 1.26 bits per heavy atom. The van der Waals surface area contributed by atoms with Crippen LogP contribution in [0.5, 0.6) is 11.5 Å². The lowest BCUT2D eigenvalue weighted by atomic mass is 9.83. The van der Waals surface area contributed by atoms with Gasteiger partial charge in [0.05, 0.1) is 18.6 Å². The van der Waals surface area contributed by atoms with Crippen molar-refractivity contribution >= 4 is 29.5 Å². The second-order valence-electron chi connectivity index (χ2n) is 7.75. The number of hydrogen-bond acceptors (Lipinski definition) is 7. The molecule has 2 aliphatic heterocycles. The second kappa shape index (κ2) is 9.05. The SMILES string of the molecule is CCOC(=O)[C@@H]1[C@@H](Cc2ccc(Cl)nc2)C(=O)N1C(=O)N[C@H](C)c1ccc2c(c1)OC(F)(F)O2. The van der Waals surface area contributed by atoms with Gasteiger partial charge in [-0.3, -0.25) is 4.79 Å². The Morgan fingerprint density at radius 2 is 2.00 bits per heavy atom. The Bertz CT molecular complexity index is 1130. The van der Waals surface area contributed by atoms with E-state index in [1.165, 1.54) is 24.4 Å². The van der Waals surface area contributed by atoms with Crippen molar-refractivity contribution in [2.24, 2.45) is 5.92 Å². The van der Waals surface area contributed by atoms with Gasteiger partial charge in [0.15, 0.2) is 17.5 Å². The number of urea groups is 1. The van der Waals surface area contributed by atoms with E-state index in [-0.39, 0.29) is 29.7 Å². The monoisotopic (exact) mass is 495 g/mol. The summed E-state index contributed by atoms with van der Waals surface area (Å²) >= 11 is 5.79. The van der Waals surface area contributed by atoms with Crippen LogP contribution >= 0.6 is 11.6 Å². The standard InChI is InChI=1S/C22H20ClF2N3O6/c1-3-32-20(30)18-14(8-12-4-7-17(23)26-10-12)19(29)28(18)21(31)27-11(2)13-5-6-15-16(9-13)34-22(24,25)33-15/h4-7,9-11,14,18H,3,8H2,1-2H3,(H,27,31)/t11-,14-,18+/m1/s1. The predicted molar refractivity (Wildman–Crippen MR) is 113 cm³/mol. The summed E-state index contributed by atoms with van der Waals surface area (Å²) in [6, 6.07) is 4.68. The Labute approximate surface area is 197 Å². The summed E-state index contributed by atoms with van der Waals surface area (Å²) in [6.45, 7) is 3.28. The minimum absolute atomic E-state index is 0.0758. The third-order valence-corrected chi connectivity index (χ3v) is 5.69. The van der Waals surface area contributed by atoms with Crippen molar-refractivity contribution in [1.29, 1.82) is 0 Å². The molecule has 0 radical (unpaired) electrons. The Balaban J connectivity index is 1.47. The summed E-state index contributed by atoms with van der Waals surface area (Å²) in [6.07, 6.45) is -2.10. The fraction of sp³-hybridized carbons (Fsp3) is 0.364. The predicted octanol–water partition coefficient (Wildman–Crippen LogP) is 3.46. The molecule has 3 heterocycles. The number of imide groups is 1. The van der Waals surface area contributed by atoms with Crippen molar-refractivity contribution in [3.8, 4) is 11.5 Å². The molecule has 0 spiro atoms. The number of ether oxygens (including phenoxy) is 3. The number of carbonyl (C=O) groups excluding carboxylic acids is 3. The number of hydrogen-bond donors (Lipinski definition) is 1. The molecular weight excluding hydrogens is 476 g/mol. The number of nitrogens with zero attached hydrogens (tertiary/aromatic N) is 2. The quantitative estimate of drug-likeness (QED) is 0.371. The van der Waals surface area contributed by atoms with Crippen molar-refractivity contribution in [1.82, 2.24) is 15.2 Å². The van der Waals surface area contributed by atoms with Crippen molar-refractivity contribution < 1.29 is 37.4 Å². The number of fused-ring (bicyclic) bond motifs is 1. The summed E-state index contributed by atoms with van der Waals surface area (Å²) in [4.78, 5) is 43.0. The van der Waals surface area contributed by atoms with Gasteiger partial charge in [-0.1, -0.05) is 23.7 Å². The molecule has 0 saturated carbocycles. The minimum atomic E-state index is -3.76. The fourth-order valence-electron chi connectivity index (χ4n) is 3.83. The van der Waals surface area contributed by atoms with Gasteiger partial charge in [-0.15, -0.1) is 8.78 Å². The number of aromatic nitrogens is 1. The fourth-order valence-corrected chi connectivity index (χ4v) is 3.94. The molecule has 1 aromatic carbocycles. The average molecular weight is 496 g/mol. The summed E-state index contributed by atoms with van der Waals surface area (Å²) in [5, 5.41) is 2.89. The minimum Gasteiger partial charge on any atom is -0.464 e. The van der Waals surface area contributed by atoms with Gasteiger partial charge in [0.25, 0.3) is 0 Å². The van der Waals surface area contributed by atoms with Crippen molar-refractivity contribution in [3.05, 3.63) is 52.8 Å².